The molecule has 2 heterocycles. The minimum atomic E-state index is -3.79. The molecule has 0 atom stereocenters. The lowest BCUT2D eigenvalue weighted by molar-refractivity contribution is -0.117. The first kappa shape index (κ1) is 14.5. The third-order valence-electron chi connectivity index (χ3n) is 3.34. The minimum Gasteiger partial charge on any atom is -0.312 e. The van der Waals surface area contributed by atoms with Gasteiger partial charge in [0.25, 0.3) is 10.0 Å². The van der Waals surface area contributed by atoms with Crippen molar-refractivity contribution in [3.63, 3.8) is 0 Å². The molecule has 1 aromatic heterocycles. The second-order valence-corrected chi connectivity index (χ2v) is 6.66. The zero-order valence-electron chi connectivity index (χ0n) is 11.9. The first-order valence-electron chi connectivity index (χ1n) is 6.75. The van der Waals surface area contributed by atoms with Gasteiger partial charge in [-0.1, -0.05) is 11.3 Å². The first-order valence-corrected chi connectivity index (χ1v) is 8.23. The van der Waals surface area contributed by atoms with Crippen molar-refractivity contribution in [2.45, 2.75) is 17.9 Å². The molecule has 1 aliphatic heterocycles. The molecule has 1 aliphatic rings. The van der Waals surface area contributed by atoms with Gasteiger partial charge in [-0.3, -0.25) is 14.2 Å². The van der Waals surface area contributed by atoms with E-state index in [1.54, 1.807) is 36.2 Å². The smallest absolute Gasteiger partial charge is 0.282 e. The lowest BCUT2D eigenvalue weighted by atomic mass is 10.2. The third-order valence-corrected chi connectivity index (χ3v) is 4.58. The SMILES string of the molecule is Cn1cc(S(=O)(=O)Nc2cccc(N3CCCC3=O)c2)nn1. The Morgan fingerprint density at radius 2 is 2.14 bits per heavy atom. The zero-order chi connectivity index (χ0) is 15.7. The van der Waals surface area contributed by atoms with Crippen LogP contribution in [0.15, 0.2) is 35.5 Å². The van der Waals surface area contributed by atoms with Crippen LogP contribution in [0.3, 0.4) is 0 Å². The molecule has 3 rings (SSSR count). The largest absolute Gasteiger partial charge is 0.312 e. The minimum absolute atomic E-state index is 0.0499. The summed E-state index contributed by atoms with van der Waals surface area (Å²) in [5, 5.41) is 7.05. The van der Waals surface area contributed by atoms with E-state index in [1.165, 1.54) is 10.9 Å². The Hall–Kier alpha value is -2.42. The van der Waals surface area contributed by atoms with Gasteiger partial charge < -0.3 is 4.90 Å². The van der Waals surface area contributed by atoms with E-state index in [1.807, 2.05) is 0 Å². The van der Waals surface area contributed by atoms with Crippen LogP contribution in [-0.2, 0) is 21.9 Å². The van der Waals surface area contributed by atoms with Crippen LogP contribution in [0, 0.1) is 0 Å². The number of aryl methyl sites for hydroxylation is 1. The number of carbonyl (C=O) groups is 1. The summed E-state index contributed by atoms with van der Waals surface area (Å²) in [6.07, 6.45) is 2.65. The number of hydrogen-bond acceptors (Lipinski definition) is 5. The summed E-state index contributed by atoms with van der Waals surface area (Å²) in [5.74, 6) is 0.0499. The van der Waals surface area contributed by atoms with Crippen molar-refractivity contribution in [1.82, 2.24) is 15.0 Å². The number of anilines is 2. The first-order chi connectivity index (χ1) is 10.5. The van der Waals surface area contributed by atoms with Crippen LogP contribution in [0.5, 0.6) is 0 Å². The Morgan fingerprint density at radius 3 is 2.77 bits per heavy atom. The van der Waals surface area contributed by atoms with Gasteiger partial charge in [0.05, 0.1) is 11.9 Å². The fraction of sp³-hybridized carbons (Fsp3) is 0.308. The topological polar surface area (TPSA) is 97.2 Å². The average Bonchev–Trinajstić information content (AvgIpc) is 3.07. The molecule has 9 heteroatoms. The highest BCUT2D eigenvalue weighted by Gasteiger charge is 2.23. The summed E-state index contributed by atoms with van der Waals surface area (Å²) in [6.45, 7) is 0.652. The van der Waals surface area contributed by atoms with Gasteiger partial charge in [-0.2, -0.15) is 8.42 Å². The van der Waals surface area contributed by atoms with E-state index in [0.29, 0.717) is 24.3 Å². The maximum Gasteiger partial charge on any atom is 0.282 e. The van der Waals surface area contributed by atoms with Crippen molar-refractivity contribution in [3.8, 4) is 0 Å². The molecule has 22 heavy (non-hydrogen) atoms. The van der Waals surface area contributed by atoms with Gasteiger partial charge in [0.2, 0.25) is 10.9 Å². The molecule has 1 fully saturated rings. The predicted octanol–water partition coefficient (Wildman–Crippen LogP) is 0.743. The number of sulfonamides is 1. The summed E-state index contributed by atoms with van der Waals surface area (Å²) in [4.78, 5) is 13.4. The van der Waals surface area contributed by atoms with Crippen molar-refractivity contribution in [3.05, 3.63) is 30.5 Å². The molecular weight excluding hydrogens is 306 g/mol. The van der Waals surface area contributed by atoms with E-state index in [9.17, 15) is 13.2 Å². The number of amides is 1. The normalized spacial score (nSPS) is 15.3. The van der Waals surface area contributed by atoms with Gasteiger partial charge >= 0.3 is 0 Å². The molecule has 0 unspecified atom stereocenters. The summed E-state index contributed by atoms with van der Waals surface area (Å²) in [7, 11) is -2.21. The van der Waals surface area contributed by atoms with Gasteiger partial charge in [-0.15, -0.1) is 5.10 Å². The van der Waals surface area contributed by atoms with Crippen LogP contribution in [0.1, 0.15) is 12.8 Å². The molecule has 2 aromatic rings. The Bertz CT molecular complexity index is 815. The lowest BCUT2D eigenvalue weighted by Crippen LogP contribution is -2.23. The summed E-state index contributed by atoms with van der Waals surface area (Å²) >= 11 is 0. The van der Waals surface area contributed by atoms with Crippen LogP contribution in [0.2, 0.25) is 0 Å². The second kappa shape index (κ2) is 5.41. The summed E-state index contributed by atoms with van der Waals surface area (Å²) in [5.41, 5.74) is 1.06. The molecule has 1 N–H and O–H groups in total. The van der Waals surface area contributed by atoms with E-state index in [0.717, 1.165) is 6.42 Å². The summed E-state index contributed by atoms with van der Waals surface area (Å²) in [6, 6.07) is 6.74. The highest BCUT2D eigenvalue weighted by Crippen LogP contribution is 2.25. The predicted molar refractivity (Wildman–Crippen MR) is 79.8 cm³/mol. The Balaban J connectivity index is 1.85. The number of nitrogens with zero attached hydrogens (tertiary/aromatic N) is 4. The Morgan fingerprint density at radius 1 is 1.32 bits per heavy atom. The van der Waals surface area contributed by atoms with Gasteiger partial charge in [0.15, 0.2) is 0 Å². The zero-order valence-corrected chi connectivity index (χ0v) is 12.7. The molecule has 0 bridgehead atoms. The highest BCUT2D eigenvalue weighted by atomic mass is 32.2. The quantitative estimate of drug-likeness (QED) is 0.896. The van der Waals surface area contributed by atoms with Crippen LogP contribution in [0.4, 0.5) is 11.4 Å². The van der Waals surface area contributed by atoms with E-state index >= 15 is 0 Å². The van der Waals surface area contributed by atoms with E-state index in [2.05, 4.69) is 15.0 Å². The number of nitrogens with one attached hydrogen (secondary N) is 1. The fourth-order valence-electron chi connectivity index (χ4n) is 2.32. The van der Waals surface area contributed by atoms with Crippen LogP contribution < -0.4 is 9.62 Å². The highest BCUT2D eigenvalue weighted by molar-refractivity contribution is 7.92. The Kier molecular flexibility index (Phi) is 3.57. The monoisotopic (exact) mass is 321 g/mol. The number of benzene rings is 1. The third kappa shape index (κ3) is 2.80. The van der Waals surface area contributed by atoms with Crippen LogP contribution in [0.25, 0.3) is 0 Å². The van der Waals surface area contributed by atoms with Gasteiger partial charge in [0.1, 0.15) is 0 Å². The maximum atomic E-state index is 12.2. The molecular formula is C13H15N5O3S. The Labute approximate surface area is 127 Å². The molecule has 0 saturated carbocycles. The van der Waals surface area contributed by atoms with E-state index in [-0.39, 0.29) is 10.9 Å². The van der Waals surface area contributed by atoms with Gasteiger partial charge in [-0.25, -0.2) is 0 Å². The molecule has 0 aliphatic carbocycles. The molecule has 1 saturated heterocycles. The van der Waals surface area contributed by atoms with Crippen LogP contribution in [-0.4, -0.2) is 35.9 Å². The van der Waals surface area contributed by atoms with Crippen LogP contribution >= 0.6 is 0 Å². The molecule has 0 radical (unpaired) electrons. The van der Waals surface area contributed by atoms with Crippen molar-refractivity contribution in [1.29, 1.82) is 0 Å². The molecule has 1 amide bonds. The van der Waals surface area contributed by atoms with Gasteiger partial charge in [-0.05, 0) is 24.6 Å². The molecule has 116 valence electrons. The van der Waals surface area contributed by atoms with Crippen molar-refractivity contribution < 1.29 is 13.2 Å². The van der Waals surface area contributed by atoms with Crippen molar-refractivity contribution in [2.75, 3.05) is 16.2 Å². The standard InChI is InChI=1S/C13H15N5O3S/c1-17-9-12(14-16-17)22(20,21)15-10-4-2-5-11(8-10)18-7-3-6-13(18)19/h2,4-5,8-9,15H,3,6-7H2,1H3. The number of carbonyl (C=O) groups excluding carboxylic acids is 1. The van der Waals surface area contributed by atoms with Crippen molar-refractivity contribution >= 4 is 27.3 Å². The number of hydrogen-bond donors (Lipinski definition) is 1. The maximum absolute atomic E-state index is 12.2. The van der Waals surface area contributed by atoms with E-state index < -0.39 is 10.0 Å². The fourth-order valence-corrected chi connectivity index (χ4v) is 3.29. The van der Waals surface area contributed by atoms with Crippen molar-refractivity contribution in [2.24, 2.45) is 7.05 Å². The average molecular weight is 321 g/mol. The molecule has 8 nitrogen and oxygen atoms in total. The van der Waals surface area contributed by atoms with Gasteiger partial charge in [0, 0.05) is 25.7 Å². The number of aromatic nitrogens is 3. The molecule has 0 spiro atoms. The van der Waals surface area contributed by atoms with E-state index in [4.69, 9.17) is 0 Å². The number of rotatable bonds is 4. The molecule has 1 aromatic carbocycles. The summed E-state index contributed by atoms with van der Waals surface area (Å²) < 4.78 is 28.2. The lowest BCUT2D eigenvalue weighted by Gasteiger charge is -2.16. The second-order valence-electron chi connectivity index (χ2n) is 5.04.